The molecule has 1 saturated heterocycles. The summed E-state index contributed by atoms with van der Waals surface area (Å²) in [5.41, 5.74) is 1.17. The summed E-state index contributed by atoms with van der Waals surface area (Å²) < 4.78 is 5.62. The Morgan fingerprint density at radius 3 is 2.79 bits per heavy atom. The van der Waals surface area contributed by atoms with Crippen LogP contribution in [0.4, 0.5) is 0 Å². The number of hydrogen-bond acceptors (Lipinski definition) is 3. The number of quaternary nitrogens is 1. The molecule has 1 aliphatic heterocycles. The zero-order valence-corrected chi connectivity index (χ0v) is 14.7. The number of hydrogen-bond donors (Lipinski definition) is 1. The molecule has 4 nitrogen and oxygen atoms in total. The lowest BCUT2D eigenvalue weighted by Gasteiger charge is -2.22. The van der Waals surface area contributed by atoms with Gasteiger partial charge >= 0.3 is 0 Å². The minimum Gasteiger partial charge on any atom is -0.372 e. The molecule has 0 bridgehead atoms. The van der Waals surface area contributed by atoms with Crippen molar-refractivity contribution in [1.82, 2.24) is 4.90 Å². The number of benzene rings is 1. The third kappa shape index (κ3) is 5.16. The van der Waals surface area contributed by atoms with Gasteiger partial charge in [0.15, 0.2) is 6.54 Å². The Morgan fingerprint density at radius 1 is 1.21 bits per heavy atom. The van der Waals surface area contributed by atoms with Crippen molar-refractivity contribution in [3.05, 3.63) is 58.3 Å². The molecule has 5 heteroatoms. The highest BCUT2D eigenvalue weighted by atomic mass is 32.1. The molecule has 128 valence electrons. The van der Waals surface area contributed by atoms with E-state index in [1.54, 1.807) is 11.3 Å². The van der Waals surface area contributed by atoms with Crippen molar-refractivity contribution in [3.63, 3.8) is 0 Å². The molecule has 0 unspecified atom stereocenters. The van der Waals surface area contributed by atoms with E-state index in [-0.39, 0.29) is 5.91 Å². The van der Waals surface area contributed by atoms with E-state index in [1.807, 2.05) is 29.2 Å². The molecule has 1 aromatic carbocycles. The van der Waals surface area contributed by atoms with Crippen LogP contribution in [0, 0.1) is 0 Å². The molecule has 3 rings (SSSR count). The van der Waals surface area contributed by atoms with Crippen molar-refractivity contribution in [1.29, 1.82) is 0 Å². The zero-order valence-electron chi connectivity index (χ0n) is 13.9. The standard InChI is InChI=1S/C19H24N2O2S/c22-19(13-20-12-17-8-4-10-23-17)21(15-18-9-5-11-24-18)14-16-6-2-1-3-7-16/h1-3,5-7,9,11,17,20H,4,8,10,12-15H2/p+1/t17-/m0/s1. The summed E-state index contributed by atoms with van der Waals surface area (Å²) in [6, 6.07) is 14.3. The van der Waals surface area contributed by atoms with Gasteiger partial charge in [0, 0.05) is 18.0 Å². The van der Waals surface area contributed by atoms with Crippen LogP contribution in [0.3, 0.4) is 0 Å². The number of carbonyl (C=O) groups excluding carboxylic acids is 1. The van der Waals surface area contributed by atoms with Gasteiger partial charge in [-0.25, -0.2) is 0 Å². The maximum atomic E-state index is 12.7. The van der Waals surface area contributed by atoms with Gasteiger partial charge in [-0.05, 0) is 29.9 Å². The molecule has 2 heterocycles. The summed E-state index contributed by atoms with van der Waals surface area (Å²) in [5.74, 6) is 0.185. The Kier molecular flexibility index (Phi) is 6.41. The van der Waals surface area contributed by atoms with E-state index in [4.69, 9.17) is 4.74 Å². The fourth-order valence-electron chi connectivity index (χ4n) is 2.98. The Labute approximate surface area is 147 Å². The molecule has 1 fully saturated rings. The number of ether oxygens (including phenoxy) is 1. The molecule has 2 aromatic rings. The number of nitrogens with two attached hydrogens (primary N) is 1. The van der Waals surface area contributed by atoms with E-state index in [9.17, 15) is 4.79 Å². The van der Waals surface area contributed by atoms with Gasteiger partial charge in [-0.2, -0.15) is 0 Å². The van der Waals surface area contributed by atoms with Crippen LogP contribution in [0.1, 0.15) is 23.3 Å². The van der Waals surface area contributed by atoms with Crippen LogP contribution >= 0.6 is 11.3 Å². The first-order valence-electron chi connectivity index (χ1n) is 8.58. The van der Waals surface area contributed by atoms with Crippen LogP contribution < -0.4 is 5.32 Å². The lowest BCUT2D eigenvalue weighted by molar-refractivity contribution is -0.650. The van der Waals surface area contributed by atoms with E-state index in [0.29, 0.717) is 25.7 Å². The van der Waals surface area contributed by atoms with Crippen molar-refractivity contribution < 1.29 is 14.8 Å². The quantitative estimate of drug-likeness (QED) is 0.796. The van der Waals surface area contributed by atoms with Crippen LogP contribution in [0.15, 0.2) is 47.8 Å². The van der Waals surface area contributed by atoms with Gasteiger partial charge in [0.1, 0.15) is 12.6 Å². The fourth-order valence-corrected chi connectivity index (χ4v) is 3.70. The highest BCUT2D eigenvalue weighted by Crippen LogP contribution is 2.14. The third-order valence-corrected chi connectivity index (χ3v) is 5.13. The van der Waals surface area contributed by atoms with Crippen LogP contribution in [0.2, 0.25) is 0 Å². The van der Waals surface area contributed by atoms with Crippen molar-refractivity contribution in [3.8, 4) is 0 Å². The monoisotopic (exact) mass is 345 g/mol. The predicted molar refractivity (Wildman–Crippen MR) is 95.6 cm³/mol. The van der Waals surface area contributed by atoms with Gasteiger partial charge in [0.2, 0.25) is 0 Å². The molecule has 0 aliphatic carbocycles. The summed E-state index contributed by atoms with van der Waals surface area (Å²) in [6.45, 7) is 3.57. The summed E-state index contributed by atoms with van der Waals surface area (Å²) >= 11 is 1.70. The zero-order chi connectivity index (χ0) is 16.6. The summed E-state index contributed by atoms with van der Waals surface area (Å²) in [7, 11) is 0. The molecule has 24 heavy (non-hydrogen) atoms. The predicted octanol–water partition coefficient (Wildman–Crippen LogP) is 2.02. The second kappa shape index (κ2) is 8.97. The first-order valence-corrected chi connectivity index (χ1v) is 9.46. The Balaban J connectivity index is 1.56. The number of nitrogens with zero attached hydrogens (tertiary/aromatic N) is 1. The largest absolute Gasteiger partial charge is 0.372 e. The normalized spacial score (nSPS) is 17.1. The molecule has 1 aliphatic rings. The number of thiophene rings is 1. The van der Waals surface area contributed by atoms with E-state index >= 15 is 0 Å². The minimum absolute atomic E-state index is 0.185. The molecule has 1 amide bonds. The van der Waals surface area contributed by atoms with E-state index in [1.165, 1.54) is 10.4 Å². The summed E-state index contributed by atoms with van der Waals surface area (Å²) in [5, 5.41) is 4.15. The first kappa shape index (κ1) is 17.1. The Bertz CT molecular complexity index is 610. The molecule has 0 spiro atoms. The van der Waals surface area contributed by atoms with Gasteiger partial charge < -0.3 is 15.0 Å². The second-order valence-electron chi connectivity index (χ2n) is 6.18. The maximum absolute atomic E-state index is 12.7. The van der Waals surface area contributed by atoms with Gasteiger partial charge in [-0.3, -0.25) is 4.79 Å². The molecule has 0 saturated carbocycles. The van der Waals surface area contributed by atoms with E-state index in [2.05, 4.69) is 28.9 Å². The average Bonchev–Trinajstić information content (AvgIpc) is 3.29. The smallest absolute Gasteiger partial charge is 0.278 e. The molecule has 2 N–H and O–H groups in total. The van der Waals surface area contributed by atoms with Crippen LogP contribution in [-0.4, -0.2) is 36.6 Å². The summed E-state index contributed by atoms with van der Waals surface area (Å²) in [4.78, 5) is 15.9. The SMILES string of the molecule is O=C(C[NH2+]C[C@@H]1CCCO1)N(Cc1ccccc1)Cc1cccs1. The second-order valence-corrected chi connectivity index (χ2v) is 7.21. The topological polar surface area (TPSA) is 46.1 Å². The van der Waals surface area contributed by atoms with Gasteiger partial charge in [0.25, 0.3) is 5.91 Å². The average molecular weight is 345 g/mol. The minimum atomic E-state index is 0.185. The van der Waals surface area contributed by atoms with Crippen LogP contribution in [0.25, 0.3) is 0 Å². The van der Waals surface area contributed by atoms with E-state index < -0.39 is 0 Å². The van der Waals surface area contributed by atoms with Gasteiger partial charge in [0.05, 0.1) is 6.54 Å². The maximum Gasteiger partial charge on any atom is 0.278 e. The van der Waals surface area contributed by atoms with Gasteiger partial charge in [-0.1, -0.05) is 36.4 Å². The van der Waals surface area contributed by atoms with Crippen LogP contribution in [0.5, 0.6) is 0 Å². The molecule has 1 atom stereocenters. The van der Waals surface area contributed by atoms with Crippen molar-refractivity contribution in [2.45, 2.75) is 32.0 Å². The number of amides is 1. The molecular formula is C19H25N2O2S+. The molecule has 0 radical (unpaired) electrons. The summed E-state index contributed by atoms with van der Waals surface area (Å²) in [6.07, 6.45) is 2.58. The lowest BCUT2D eigenvalue weighted by atomic mass is 10.2. The van der Waals surface area contributed by atoms with Crippen molar-refractivity contribution in [2.24, 2.45) is 0 Å². The highest BCUT2D eigenvalue weighted by molar-refractivity contribution is 7.09. The van der Waals surface area contributed by atoms with Crippen molar-refractivity contribution >= 4 is 17.2 Å². The number of carbonyl (C=O) groups is 1. The third-order valence-electron chi connectivity index (χ3n) is 4.27. The van der Waals surface area contributed by atoms with E-state index in [0.717, 1.165) is 26.0 Å². The first-order chi connectivity index (χ1) is 11.8. The van der Waals surface area contributed by atoms with Crippen molar-refractivity contribution in [2.75, 3.05) is 19.7 Å². The lowest BCUT2D eigenvalue weighted by Crippen LogP contribution is -2.88. The van der Waals surface area contributed by atoms with Crippen LogP contribution in [-0.2, 0) is 22.6 Å². The molecular weight excluding hydrogens is 320 g/mol. The fraction of sp³-hybridized carbons (Fsp3) is 0.421. The highest BCUT2D eigenvalue weighted by Gasteiger charge is 2.20. The van der Waals surface area contributed by atoms with Gasteiger partial charge in [-0.15, -0.1) is 11.3 Å². The Hall–Kier alpha value is -1.69. The number of rotatable bonds is 8. The molecule has 1 aromatic heterocycles. The Morgan fingerprint density at radius 2 is 2.08 bits per heavy atom.